The molecule has 1 heterocycles. The van der Waals surface area contributed by atoms with E-state index in [9.17, 15) is 9.59 Å². The predicted octanol–water partition coefficient (Wildman–Crippen LogP) is 4.26. The number of hydrogen-bond donors (Lipinski definition) is 1. The molecule has 0 spiro atoms. The van der Waals surface area contributed by atoms with Crippen LogP contribution in [0.25, 0.3) is 0 Å². The van der Waals surface area contributed by atoms with Gasteiger partial charge < -0.3 is 19.5 Å². The molecule has 6 nitrogen and oxygen atoms in total. The largest absolute Gasteiger partial charge is 0.493 e. The highest BCUT2D eigenvalue weighted by Gasteiger charge is 2.43. The van der Waals surface area contributed by atoms with E-state index in [0.717, 1.165) is 29.8 Å². The van der Waals surface area contributed by atoms with Crippen molar-refractivity contribution in [1.29, 1.82) is 0 Å². The Hall–Kier alpha value is -2.76. The number of Topliss-reactive ketones (excluding diaryl/α,β-unsaturated/α-hetero) is 1. The van der Waals surface area contributed by atoms with Crippen LogP contribution < -0.4 is 14.8 Å². The molecule has 6 heteroatoms. The average Bonchev–Trinajstić information content (AvgIpc) is 2.69. The molecule has 0 amide bonds. The van der Waals surface area contributed by atoms with Crippen molar-refractivity contribution in [3.05, 3.63) is 46.3 Å². The number of hydrogen-bond acceptors (Lipinski definition) is 6. The number of carbonyl (C=O) groups excluding carboxylic acids is 2. The fourth-order valence-corrected chi connectivity index (χ4v) is 4.34. The molecule has 1 aromatic carbocycles. The molecule has 1 aromatic rings. The molecule has 30 heavy (non-hydrogen) atoms. The van der Waals surface area contributed by atoms with Gasteiger partial charge in [-0.15, -0.1) is 0 Å². The smallest absolute Gasteiger partial charge is 0.336 e. The third-order valence-electron chi connectivity index (χ3n) is 5.64. The van der Waals surface area contributed by atoms with E-state index in [4.69, 9.17) is 14.2 Å². The van der Waals surface area contributed by atoms with E-state index in [-0.39, 0.29) is 11.2 Å². The Kier molecular flexibility index (Phi) is 6.25. The second-order valence-electron chi connectivity index (χ2n) is 8.68. The number of carbonyl (C=O) groups is 2. The van der Waals surface area contributed by atoms with Crippen molar-refractivity contribution in [1.82, 2.24) is 5.32 Å². The molecule has 0 radical (unpaired) electrons. The lowest BCUT2D eigenvalue weighted by atomic mass is 9.68. The summed E-state index contributed by atoms with van der Waals surface area (Å²) in [6, 6.07) is 5.53. The first-order valence-corrected chi connectivity index (χ1v) is 10.4. The van der Waals surface area contributed by atoms with Crippen LogP contribution in [-0.4, -0.2) is 32.6 Å². The Labute approximate surface area is 178 Å². The molecule has 1 atom stereocenters. The summed E-state index contributed by atoms with van der Waals surface area (Å²) in [5, 5.41) is 3.34. The minimum Gasteiger partial charge on any atom is -0.493 e. The lowest BCUT2D eigenvalue weighted by Gasteiger charge is -2.39. The van der Waals surface area contributed by atoms with E-state index in [1.807, 2.05) is 26.0 Å². The van der Waals surface area contributed by atoms with Gasteiger partial charge in [-0.3, -0.25) is 4.79 Å². The van der Waals surface area contributed by atoms with Crippen molar-refractivity contribution in [3.8, 4) is 11.5 Å². The number of ether oxygens (including phenoxy) is 3. The average molecular weight is 414 g/mol. The molecule has 0 bridgehead atoms. The normalized spacial score (nSPS) is 20.5. The molecule has 0 unspecified atom stereocenters. The van der Waals surface area contributed by atoms with Crippen LogP contribution in [0.15, 0.2) is 40.7 Å². The molecule has 1 aliphatic heterocycles. The molecular formula is C24H31NO5. The number of esters is 1. The Morgan fingerprint density at radius 2 is 1.87 bits per heavy atom. The van der Waals surface area contributed by atoms with Crippen LogP contribution in [0.5, 0.6) is 11.5 Å². The molecular weight excluding hydrogens is 382 g/mol. The molecule has 1 aliphatic carbocycles. The first-order chi connectivity index (χ1) is 14.2. The zero-order chi connectivity index (χ0) is 22.1. The molecule has 0 aromatic heterocycles. The van der Waals surface area contributed by atoms with Gasteiger partial charge in [0.2, 0.25) is 0 Å². The van der Waals surface area contributed by atoms with Crippen LogP contribution in [-0.2, 0) is 14.3 Å². The molecule has 0 saturated heterocycles. The summed E-state index contributed by atoms with van der Waals surface area (Å²) in [5.41, 5.74) is 3.40. The van der Waals surface area contributed by atoms with E-state index in [2.05, 4.69) is 19.2 Å². The highest BCUT2D eigenvalue weighted by atomic mass is 16.5. The molecule has 2 aliphatic rings. The predicted molar refractivity (Wildman–Crippen MR) is 114 cm³/mol. The Morgan fingerprint density at radius 1 is 1.17 bits per heavy atom. The highest BCUT2D eigenvalue weighted by molar-refractivity contribution is 6.04. The molecule has 0 fully saturated rings. The number of ketones is 1. The van der Waals surface area contributed by atoms with Gasteiger partial charge in [0.1, 0.15) is 0 Å². The fraction of sp³-hybridized carbons (Fsp3) is 0.500. The summed E-state index contributed by atoms with van der Waals surface area (Å²) in [6.07, 6.45) is 1.91. The second-order valence-corrected chi connectivity index (χ2v) is 8.68. The van der Waals surface area contributed by atoms with Gasteiger partial charge in [0, 0.05) is 29.3 Å². The number of rotatable bonds is 6. The van der Waals surface area contributed by atoms with Crippen molar-refractivity contribution in [2.24, 2.45) is 5.41 Å². The summed E-state index contributed by atoms with van der Waals surface area (Å²) in [6.45, 7) is 8.33. The van der Waals surface area contributed by atoms with Crippen LogP contribution in [0.2, 0.25) is 0 Å². The monoisotopic (exact) mass is 413 g/mol. The maximum Gasteiger partial charge on any atom is 0.336 e. The van der Waals surface area contributed by atoms with Crippen LogP contribution >= 0.6 is 0 Å². The van der Waals surface area contributed by atoms with Gasteiger partial charge in [-0.05, 0) is 42.9 Å². The van der Waals surface area contributed by atoms with E-state index >= 15 is 0 Å². The summed E-state index contributed by atoms with van der Waals surface area (Å²) in [7, 11) is 3.15. The lowest BCUT2D eigenvalue weighted by molar-refractivity contribution is -0.139. The summed E-state index contributed by atoms with van der Waals surface area (Å²) >= 11 is 0. The van der Waals surface area contributed by atoms with Gasteiger partial charge in [0.15, 0.2) is 17.3 Å². The Morgan fingerprint density at radius 3 is 2.50 bits per heavy atom. The van der Waals surface area contributed by atoms with Crippen molar-refractivity contribution < 1.29 is 23.8 Å². The summed E-state index contributed by atoms with van der Waals surface area (Å²) in [4.78, 5) is 26.3. The molecule has 1 N–H and O–H groups in total. The lowest BCUT2D eigenvalue weighted by Crippen LogP contribution is -2.38. The number of methoxy groups -OCH3 is 2. The van der Waals surface area contributed by atoms with Crippen molar-refractivity contribution in [3.63, 3.8) is 0 Å². The van der Waals surface area contributed by atoms with Crippen molar-refractivity contribution in [2.45, 2.75) is 52.9 Å². The van der Waals surface area contributed by atoms with Gasteiger partial charge in [-0.25, -0.2) is 4.79 Å². The Bertz CT molecular complexity index is 926. The maximum atomic E-state index is 13.3. The minimum atomic E-state index is -0.506. The SMILES string of the molecule is CCCOC(=O)C1=C(C)NC2=C(C(=O)CC(C)(C)C2)[C@H]1c1ccc(OC)c(OC)c1. The van der Waals surface area contributed by atoms with Crippen molar-refractivity contribution >= 4 is 11.8 Å². The fourth-order valence-electron chi connectivity index (χ4n) is 4.34. The second kappa shape index (κ2) is 8.54. The first kappa shape index (κ1) is 21.9. The number of allylic oxidation sites excluding steroid dienone is 3. The zero-order valence-electron chi connectivity index (χ0n) is 18.7. The quantitative estimate of drug-likeness (QED) is 0.703. The maximum absolute atomic E-state index is 13.3. The number of dihydropyridines is 1. The topological polar surface area (TPSA) is 73.9 Å². The van der Waals surface area contributed by atoms with Crippen LogP contribution in [0, 0.1) is 5.41 Å². The van der Waals surface area contributed by atoms with E-state index in [1.165, 1.54) is 0 Å². The number of benzene rings is 1. The Balaban J connectivity index is 2.17. The first-order valence-electron chi connectivity index (χ1n) is 10.4. The van der Waals surface area contributed by atoms with Crippen LogP contribution in [0.1, 0.15) is 58.4 Å². The third-order valence-corrected chi connectivity index (χ3v) is 5.64. The highest BCUT2D eigenvalue weighted by Crippen LogP contribution is 2.47. The number of nitrogens with one attached hydrogen (secondary N) is 1. The van der Waals surface area contributed by atoms with Gasteiger partial charge in [-0.1, -0.05) is 26.8 Å². The van der Waals surface area contributed by atoms with Crippen LogP contribution in [0.3, 0.4) is 0 Å². The van der Waals surface area contributed by atoms with Gasteiger partial charge >= 0.3 is 5.97 Å². The molecule has 162 valence electrons. The van der Waals surface area contributed by atoms with E-state index < -0.39 is 11.9 Å². The molecule has 3 rings (SSSR count). The van der Waals surface area contributed by atoms with Gasteiger partial charge in [-0.2, -0.15) is 0 Å². The van der Waals surface area contributed by atoms with E-state index in [0.29, 0.717) is 35.7 Å². The van der Waals surface area contributed by atoms with Crippen LogP contribution in [0.4, 0.5) is 0 Å². The summed E-state index contributed by atoms with van der Waals surface area (Å²) < 4.78 is 16.3. The molecule has 0 saturated carbocycles. The zero-order valence-corrected chi connectivity index (χ0v) is 18.7. The van der Waals surface area contributed by atoms with Gasteiger partial charge in [0.25, 0.3) is 0 Å². The van der Waals surface area contributed by atoms with E-state index in [1.54, 1.807) is 20.3 Å². The third kappa shape index (κ3) is 4.09. The van der Waals surface area contributed by atoms with Gasteiger partial charge in [0.05, 0.1) is 26.4 Å². The van der Waals surface area contributed by atoms with Crippen molar-refractivity contribution in [2.75, 3.05) is 20.8 Å². The standard InChI is InChI=1S/C24H31NO5/c1-7-10-30-23(27)20-14(2)25-16-12-24(3,4)13-17(26)22(16)21(20)15-8-9-18(28-5)19(11-15)29-6/h8-9,11,21,25H,7,10,12-13H2,1-6H3/t21-/m0/s1. The summed E-state index contributed by atoms with van der Waals surface area (Å²) in [5.74, 6) is 0.302. The minimum absolute atomic E-state index is 0.0572.